The Balaban J connectivity index is 1.30. The fourth-order valence-corrected chi connectivity index (χ4v) is 7.50. The Morgan fingerprint density at radius 1 is 1.09 bits per heavy atom. The molecule has 1 aromatic heterocycles. The first-order valence-corrected chi connectivity index (χ1v) is 14.0. The maximum Gasteiger partial charge on any atom is 0.267 e. The number of amides is 1. The fourth-order valence-electron chi connectivity index (χ4n) is 4.93. The summed E-state index contributed by atoms with van der Waals surface area (Å²) in [5.41, 5.74) is 1.23. The number of nitrogens with zero attached hydrogens (tertiary/aromatic N) is 1. The van der Waals surface area contributed by atoms with E-state index in [-0.39, 0.29) is 21.9 Å². The second-order valence-electron chi connectivity index (χ2n) is 8.79. The van der Waals surface area contributed by atoms with Crippen LogP contribution in [0.15, 0.2) is 35.4 Å². The van der Waals surface area contributed by atoms with Gasteiger partial charge in [-0.15, -0.1) is 0 Å². The molecule has 0 bridgehead atoms. The predicted octanol–water partition coefficient (Wildman–Crippen LogP) is 2.77. The van der Waals surface area contributed by atoms with Crippen LogP contribution in [0.2, 0.25) is 0 Å². The third kappa shape index (κ3) is 4.48. The van der Waals surface area contributed by atoms with Crippen LogP contribution in [0, 0.1) is 0 Å². The molecule has 0 unspecified atom stereocenters. The lowest BCUT2D eigenvalue weighted by atomic mass is 9.78. The second-order valence-corrected chi connectivity index (χ2v) is 12.0. The molecule has 8 nitrogen and oxygen atoms in total. The van der Waals surface area contributed by atoms with Gasteiger partial charge in [-0.05, 0) is 36.6 Å². The number of hydrogen-bond acceptors (Lipinski definition) is 6. The van der Waals surface area contributed by atoms with Crippen LogP contribution in [0.3, 0.4) is 0 Å². The summed E-state index contributed by atoms with van der Waals surface area (Å²) < 4.78 is 38.7. The van der Waals surface area contributed by atoms with Crippen LogP contribution in [0.25, 0.3) is 0 Å². The van der Waals surface area contributed by atoms with Gasteiger partial charge in [-0.1, -0.05) is 18.9 Å². The lowest BCUT2D eigenvalue weighted by molar-refractivity contribution is 0.0938. The van der Waals surface area contributed by atoms with Crippen molar-refractivity contribution in [2.75, 3.05) is 44.4 Å². The van der Waals surface area contributed by atoms with Gasteiger partial charge in [-0.25, -0.2) is 8.42 Å². The molecule has 1 aliphatic carbocycles. The summed E-state index contributed by atoms with van der Waals surface area (Å²) in [6.45, 7) is 2.57. The van der Waals surface area contributed by atoms with Crippen molar-refractivity contribution >= 4 is 27.7 Å². The first kappa shape index (κ1) is 22.6. The lowest BCUT2D eigenvalue weighted by Crippen LogP contribution is -2.39. The summed E-state index contributed by atoms with van der Waals surface area (Å²) in [6, 6.07) is 7.51. The number of rotatable bonds is 6. The normalized spacial score (nSPS) is 20.5. The Morgan fingerprint density at radius 2 is 1.82 bits per heavy atom. The molecule has 10 heteroatoms. The van der Waals surface area contributed by atoms with Crippen molar-refractivity contribution in [1.29, 1.82) is 0 Å². The summed E-state index contributed by atoms with van der Waals surface area (Å²) in [6.07, 6.45) is 5.57. The summed E-state index contributed by atoms with van der Waals surface area (Å²) in [5.74, 6) is 2.80. The number of hydrogen-bond donors (Lipinski definition) is 2. The standard InChI is InChI=1S/C23H29N3O5S2/c27-22(19-14-18(15-24-19)33(28,29)26-7-11-32-12-8-26)25-16-23(5-1-2-6-23)17-3-4-20-21(13-17)31-10-9-30-20/h3-4,13-15,24H,1-2,5-12,16H2,(H,25,27). The molecule has 178 valence electrons. The van der Waals surface area contributed by atoms with Gasteiger partial charge in [0.05, 0.1) is 0 Å². The Labute approximate surface area is 198 Å². The SMILES string of the molecule is O=C(NCC1(c2ccc3c(c2)OCCO3)CCCC1)c1cc(S(=O)(=O)N2CCSCC2)c[nH]1. The molecule has 2 aromatic rings. The van der Waals surface area contributed by atoms with Crippen LogP contribution in [0.4, 0.5) is 0 Å². The number of benzene rings is 1. The van der Waals surface area contributed by atoms with Crippen molar-refractivity contribution in [3.63, 3.8) is 0 Å². The molecule has 0 radical (unpaired) electrons. The van der Waals surface area contributed by atoms with Gasteiger partial charge in [-0.3, -0.25) is 4.79 Å². The van der Waals surface area contributed by atoms with Gasteiger partial charge in [0.2, 0.25) is 10.0 Å². The Hall–Kier alpha value is -2.17. The molecule has 2 N–H and O–H groups in total. The Bertz CT molecular complexity index is 1120. The molecule has 1 amide bonds. The molecular formula is C23H29N3O5S2. The molecule has 3 heterocycles. The van der Waals surface area contributed by atoms with Gasteiger partial charge in [0.15, 0.2) is 11.5 Å². The lowest BCUT2D eigenvalue weighted by Gasteiger charge is -2.31. The summed E-state index contributed by atoms with van der Waals surface area (Å²) in [5, 5.41) is 3.05. The largest absolute Gasteiger partial charge is 0.486 e. The molecule has 1 saturated heterocycles. The summed E-state index contributed by atoms with van der Waals surface area (Å²) >= 11 is 1.75. The van der Waals surface area contributed by atoms with E-state index in [0.29, 0.717) is 32.8 Å². The predicted molar refractivity (Wildman–Crippen MR) is 127 cm³/mol. The average Bonchev–Trinajstić information content (AvgIpc) is 3.54. The quantitative estimate of drug-likeness (QED) is 0.645. The highest BCUT2D eigenvalue weighted by Gasteiger charge is 2.37. The number of thioether (sulfide) groups is 1. The Morgan fingerprint density at radius 3 is 2.58 bits per heavy atom. The first-order valence-electron chi connectivity index (χ1n) is 11.4. The van der Waals surface area contributed by atoms with Crippen molar-refractivity contribution < 1.29 is 22.7 Å². The van der Waals surface area contributed by atoms with Crippen molar-refractivity contribution in [3.8, 4) is 11.5 Å². The zero-order valence-electron chi connectivity index (χ0n) is 18.5. The van der Waals surface area contributed by atoms with Gasteiger partial charge in [0.1, 0.15) is 23.8 Å². The van der Waals surface area contributed by atoms with E-state index in [1.807, 2.05) is 12.1 Å². The van der Waals surface area contributed by atoms with Crippen LogP contribution in [-0.2, 0) is 15.4 Å². The van der Waals surface area contributed by atoms with E-state index in [4.69, 9.17) is 9.47 Å². The zero-order valence-corrected chi connectivity index (χ0v) is 20.1. The Kier molecular flexibility index (Phi) is 6.32. The van der Waals surface area contributed by atoms with Crippen molar-refractivity contribution in [1.82, 2.24) is 14.6 Å². The minimum absolute atomic E-state index is 0.141. The number of nitrogens with one attached hydrogen (secondary N) is 2. The van der Waals surface area contributed by atoms with E-state index < -0.39 is 10.0 Å². The van der Waals surface area contributed by atoms with E-state index in [1.54, 1.807) is 11.8 Å². The number of ether oxygens (including phenoxy) is 2. The number of carbonyl (C=O) groups is 1. The number of fused-ring (bicyclic) bond motifs is 1. The topological polar surface area (TPSA) is 101 Å². The van der Waals surface area contributed by atoms with Crippen molar-refractivity contribution in [2.24, 2.45) is 0 Å². The maximum absolute atomic E-state index is 12.9. The molecule has 1 aromatic carbocycles. The number of sulfonamides is 1. The molecule has 0 atom stereocenters. The number of H-pyrrole nitrogens is 1. The number of aromatic nitrogens is 1. The molecule has 0 spiro atoms. The monoisotopic (exact) mass is 491 g/mol. The van der Waals surface area contributed by atoms with Crippen molar-refractivity contribution in [3.05, 3.63) is 41.7 Å². The highest BCUT2D eigenvalue weighted by atomic mass is 32.2. The molecule has 1 saturated carbocycles. The minimum atomic E-state index is -3.59. The van der Waals surface area contributed by atoms with Gasteiger partial charge >= 0.3 is 0 Å². The minimum Gasteiger partial charge on any atom is -0.486 e. The smallest absolute Gasteiger partial charge is 0.267 e. The second kappa shape index (κ2) is 9.23. The van der Waals surface area contributed by atoms with Crippen LogP contribution >= 0.6 is 11.8 Å². The van der Waals surface area contributed by atoms with Crippen molar-refractivity contribution in [2.45, 2.75) is 36.0 Å². The molecule has 33 heavy (non-hydrogen) atoms. The highest BCUT2D eigenvalue weighted by molar-refractivity contribution is 7.99. The first-order chi connectivity index (χ1) is 16.0. The van der Waals surface area contributed by atoms with E-state index in [9.17, 15) is 13.2 Å². The van der Waals surface area contributed by atoms with Crippen LogP contribution in [0.1, 0.15) is 41.7 Å². The van der Waals surface area contributed by atoms with Gasteiger partial charge in [0.25, 0.3) is 5.91 Å². The zero-order chi connectivity index (χ0) is 22.9. The highest BCUT2D eigenvalue weighted by Crippen LogP contribution is 2.43. The molecule has 3 aliphatic rings. The molecule has 5 rings (SSSR count). The maximum atomic E-state index is 12.9. The van der Waals surface area contributed by atoms with E-state index >= 15 is 0 Å². The number of aromatic amines is 1. The van der Waals surface area contributed by atoms with Crippen LogP contribution in [0.5, 0.6) is 11.5 Å². The fraction of sp³-hybridized carbons (Fsp3) is 0.522. The van der Waals surface area contributed by atoms with Crippen LogP contribution < -0.4 is 14.8 Å². The summed E-state index contributed by atoms with van der Waals surface area (Å²) in [4.78, 5) is 15.9. The van der Waals surface area contributed by atoms with Gasteiger partial charge in [-0.2, -0.15) is 16.1 Å². The number of carbonyl (C=O) groups excluding carboxylic acids is 1. The van der Waals surface area contributed by atoms with E-state index in [2.05, 4.69) is 16.4 Å². The third-order valence-electron chi connectivity index (χ3n) is 6.81. The molecular weight excluding hydrogens is 462 g/mol. The van der Waals surface area contributed by atoms with Crippen LogP contribution in [-0.4, -0.2) is 68.0 Å². The van der Waals surface area contributed by atoms with Gasteiger partial charge < -0.3 is 19.8 Å². The van der Waals surface area contributed by atoms with E-state index in [0.717, 1.165) is 54.3 Å². The summed E-state index contributed by atoms with van der Waals surface area (Å²) in [7, 11) is -3.59. The molecule has 2 aliphatic heterocycles. The van der Waals surface area contributed by atoms with Gasteiger partial charge in [0, 0.05) is 42.8 Å². The average molecular weight is 492 g/mol. The van der Waals surface area contributed by atoms with E-state index in [1.165, 1.54) is 16.6 Å². The third-order valence-corrected chi connectivity index (χ3v) is 9.63. The molecule has 2 fully saturated rings.